The van der Waals surface area contributed by atoms with E-state index in [9.17, 15) is 9.59 Å². The van der Waals surface area contributed by atoms with Gasteiger partial charge in [-0.15, -0.1) is 0 Å². The van der Waals surface area contributed by atoms with Crippen molar-refractivity contribution >= 4 is 29.5 Å². The van der Waals surface area contributed by atoms with Crippen molar-refractivity contribution in [3.05, 3.63) is 60.4 Å². The number of ether oxygens (including phenoxy) is 1. The molecule has 0 saturated heterocycles. The normalized spacial score (nSPS) is 10.3. The van der Waals surface area contributed by atoms with Crippen LogP contribution in [0.4, 0.5) is 16.2 Å². The van der Waals surface area contributed by atoms with Crippen LogP contribution in [0, 0.1) is 0 Å². The molecule has 0 spiro atoms. The van der Waals surface area contributed by atoms with Crippen molar-refractivity contribution in [2.45, 2.75) is 6.92 Å². The first kappa shape index (κ1) is 16.2. The van der Waals surface area contributed by atoms with Crippen molar-refractivity contribution in [3.8, 4) is 0 Å². The van der Waals surface area contributed by atoms with Gasteiger partial charge in [-0.25, -0.2) is 9.59 Å². The molecule has 0 radical (unpaired) electrons. The quantitative estimate of drug-likeness (QED) is 0.656. The molecule has 1 aromatic heterocycles. The van der Waals surface area contributed by atoms with Crippen molar-refractivity contribution in [2.75, 3.05) is 17.2 Å². The van der Waals surface area contributed by atoms with E-state index in [0.717, 1.165) is 5.56 Å². The number of hydrogen-bond acceptors (Lipinski definition) is 4. The summed E-state index contributed by atoms with van der Waals surface area (Å²) in [5.74, 6) is -0.384. The number of pyridine rings is 1. The summed E-state index contributed by atoms with van der Waals surface area (Å²) in [4.78, 5) is 27.0. The summed E-state index contributed by atoms with van der Waals surface area (Å²) < 4.78 is 4.80. The number of aromatic nitrogens is 1. The highest BCUT2D eigenvalue weighted by molar-refractivity contribution is 5.99. The maximum atomic E-state index is 11.8. The molecule has 1 heterocycles. The predicted molar refractivity (Wildman–Crippen MR) is 89.0 cm³/mol. The second-order valence-electron chi connectivity index (χ2n) is 4.53. The summed E-state index contributed by atoms with van der Waals surface area (Å²) in [7, 11) is 0. The van der Waals surface area contributed by atoms with Crippen LogP contribution in [0.3, 0.4) is 0 Å². The Morgan fingerprint density at radius 3 is 2.52 bits per heavy atom. The maximum absolute atomic E-state index is 11.8. The monoisotopic (exact) mass is 311 g/mol. The molecule has 0 atom stereocenters. The van der Waals surface area contributed by atoms with Crippen LogP contribution in [-0.4, -0.2) is 23.6 Å². The van der Waals surface area contributed by atoms with Gasteiger partial charge in [-0.1, -0.05) is 12.1 Å². The molecule has 2 N–H and O–H groups in total. The molecule has 1 aromatic carbocycles. The van der Waals surface area contributed by atoms with E-state index in [0.29, 0.717) is 18.0 Å². The van der Waals surface area contributed by atoms with Crippen LogP contribution in [0.25, 0.3) is 6.08 Å². The molecular formula is C17H17N3O3. The van der Waals surface area contributed by atoms with Crippen LogP contribution in [-0.2, 0) is 9.53 Å². The predicted octanol–water partition coefficient (Wildman–Crippen LogP) is 3.30. The fraction of sp³-hybridized carbons (Fsp3) is 0.118. The average Bonchev–Trinajstić information content (AvgIpc) is 2.55. The standard InChI is InChI=1S/C17H17N3O3/c1-2-23-16(21)10-7-13-5-8-14(9-6-13)19-17(22)20-15-4-3-11-18-12-15/h3-12H,2H2,1H3,(H2,19,20,22). The van der Waals surface area contributed by atoms with Gasteiger partial charge >= 0.3 is 12.0 Å². The Bertz CT molecular complexity index is 682. The van der Waals surface area contributed by atoms with Crippen molar-refractivity contribution in [3.63, 3.8) is 0 Å². The number of carbonyl (C=O) groups excluding carboxylic acids is 2. The largest absolute Gasteiger partial charge is 0.463 e. The zero-order valence-corrected chi connectivity index (χ0v) is 12.7. The van der Waals surface area contributed by atoms with E-state index < -0.39 is 0 Å². The lowest BCUT2D eigenvalue weighted by atomic mass is 10.2. The fourth-order valence-corrected chi connectivity index (χ4v) is 1.76. The molecule has 0 aliphatic heterocycles. The molecule has 2 rings (SSSR count). The Labute approximate surface area is 134 Å². The van der Waals surface area contributed by atoms with Gasteiger partial charge in [0.05, 0.1) is 18.5 Å². The average molecular weight is 311 g/mol. The number of esters is 1. The van der Waals surface area contributed by atoms with E-state index in [4.69, 9.17) is 4.74 Å². The van der Waals surface area contributed by atoms with Crippen LogP contribution in [0.5, 0.6) is 0 Å². The topological polar surface area (TPSA) is 80.3 Å². The first-order valence-electron chi connectivity index (χ1n) is 7.10. The summed E-state index contributed by atoms with van der Waals surface area (Å²) in [6.45, 7) is 2.10. The molecule has 0 aliphatic rings. The van der Waals surface area contributed by atoms with E-state index in [1.54, 1.807) is 61.8 Å². The maximum Gasteiger partial charge on any atom is 0.330 e. The molecule has 0 saturated carbocycles. The van der Waals surface area contributed by atoms with Gasteiger partial charge in [-0.3, -0.25) is 4.98 Å². The third kappa shape index (κ3) is 5.62. The van der Waals surface area contributed by atoms with Gasteiger partial charge in [0.1, 0.15) is 0 Å². The summed E-state index contributed by atoms with van der Waals surface area (Å²) in [5, 5.41) is 5.38. The third-order valence-corrected chi connectivity index (χ3v) is 2.79. The molecule has 118 valence electrons. The highest BCUT2D eigenvalue weighted by atomic mass is 16.5. The Morgan fingerprint density at radius 1 is 1.13 bits per heavy atom. The summed E-state index contributed by atoms with van der Waals surface area (Å²) >= 11 is 0. The number of hydrogen-bond donors (Lipinski definition) is 2. The number of nitrogens with one attached hydrogen (secondary N) is 2. The first-order valence-corrected chi connectivity index (χ1v) is 7.10. The summed E-state index contributed by atoms with van der Waals surface area (Å²) in [6, 6.07) is 10.2. The highest BCUT2D eigenvalue weighted by Gasteiger charge is 2.02. The van der Waals surface area contributed by atoms with Gasteiger partial charge in [0, 0.05) is 18.0 Å². The van der Waals surface area contributed by atoms with E-state index in [2.05, 4.69) is 15.6 Å². The van der Waals surface area contributed by atoms with E-state index in [1.807, 2.05) is 0 Å². The molecular weight excluding hydrogens is 294 g/mol. The van der Waals surface area contributed by atoms with Crippen LogP contribution in [0.1, 0.15) is 12.5 Å². The lowest BCUT2D eigenvalue weighted by molar-refractivity contribution is -0.137. The van der Waals surface area contributed by atoms with E-state index >= 15 is 0 Å². The lowest BCUT2D eigenvalue weighted by Crippen LogP contribution is -2.19. The number of nitrogens with zero attached hydrogens (tertiary/aromatic N) is 1. The van der Waals surface area contributed by atoms with Gasteiger partial charge in [0.15, 0.2) is 0 Å². The molecule has 0 fully saturated rings. The third-order valence-electron chi connectivity index (χ3n) is 2.79. The molecule has 23 heavy (non-hydrogen) atoms. The van der Waals surface area contributed by atoms with Crippen LogP contribution in [0.15, 0.2) is 54.9 Å². The highest BCUT2D eigenvalue weighted by Crippen LogP contribution is 2.12. The van der Waals surface area contributed by atoms with Crippen LogP contribution < -0.4 is 10.6 Å². The van der Waals surface area contributed by atoms with Crippen molar-refractivity contribution in [1.82, 2.24) is 4.98 Å². The second kappa shape index (κ2) is 8.33. The number of urea groups is 1. The van der Waals surface area contributed by atoms with Crippen LogP contribution in [0.2, 0.25) is 0 Å². The molecule has 2 amide bonds. The van der Waals surface area contributed by atoms with Crippen LogP contribution >= 0.6 is 0 Å². The molecule has 0 bridgehead atoms. The Morgan fingerprint density at radius 2 is 1.87 bits per heavy atom. The zero-order chi connectivity index (χ0) is 16.5. The van der Waals surface area contributed by atoms with Gasteiger partial charge in [0.2, 0.25) is 0 Å². The summed E-state index contributed by atoms with van der Waals surface area (Å²) in [6.07, 6.45) is 6.20. The minimum atomic E-state index is -0.384. The number of rotatable bonds is 5. The first-order chi connectivity index (χ1) is 11.2. The smallest absolute Gasteiger partial charge is 0.330 e. The lowest BCUT2D eigenvalue weighted by Gasteiger charge is -2.07. The SMILES string of the molecule is CCOC(=O)C=Cc1ccc(NC(=O)Nc2cccnc2)cc1. The van der Waals surface area contributed by atoms with E-state index in [1.165, 1.54) is 6.08 Å². The van der Waals surface area contributed by atoms with Crippen molar-refractivity contribution in [1.29, 1.82) is 0 Å². The molecule has 6 nitrogen and oxygen atoms in total. The molecule has 0 unspecified atom stereocenters. The van der Waals surface area contributed by atoms with Crippen molar-refractivity contribution in [2.24, 2.45) is 0 Å². The Kier molecular flexibility index (Phi) is 5.88. The minimum absolute atomic E-state index is 0.345. The minimum Gasteiger partial charge on any atom is -0.463 e. The Balaban J connectivity index is 1.89. The number of carbonyl (C=O) groups is 2. The molecule has 6 heteroatoms. The van der Waals surface area contributed by atoms with Gasteiger partial charge < -0.3 is 15.4 Å². The van der Waals surface area contributed by atoms with E-state index in [-0.39, 0.29) is 12.0 Å². The Hall–Kier alpha value is -3.15. The number of benzene rings is 1. The second-order valence-corrected chi connectivity index (χ2v) is 4.53. The van der Waals surface area contributed by atoms with Crippen molar-refractivity contribution < 1.29 is 14.3 Å². The summed E-state index contributed by atoms with van der Waals surface area (Å²) in [5.41, 5.74) is 2.08. The number of anilines is 2. The van der Waals surface area contributed by atoms with Gasteiger partial charge in [-0.05, 0) is 42.8 Å². The zero-order valence-electron chi connectivity index (χ0n) is 12.7. The van der Waals surface area contributed by atoms with Gasteiger partial charge in [-0.2, -0.15) is 0 Å². The van der Waals surface area contributed by atoms with Gasteiger partial charge in [0.25, 0.3) is 0 Å². The number of amides is 2. The molecule has 2 aromatic rings. The molecule has 0 aliphatic carbocycles. The fourth-order valence-electron chi connectivity index (χ4n) is 1.76.